The average Bonchev–Trinajstić information content (AvgIpc) is 2.91. The summed E-state index contributed by atoms with van der Waals surface area (Å²) in [5.74, 6) is 0.264. The third kappa shape index (κ3) is 2.80. The Labute approximate surface area is 127 Å². The first kappa shape index (κ1) is 14.1. The van der Waals surface area contributed by atoms with Crippen molar-refractivity contribution in [2.45, 2.75) is 13.5 Å². The molecule has 0 radical (unpaired) electrons. The molecule has 108 valence electrons. The Morgan fingerprint density at radius 3 is 2.76 bits per heavy atom. The Kier molecular flexibility index (Phi) is 3.95. The molecule has 0 bridgehead atoms. The van der Waals surface area contributed by atoms with Gasteiger partial charge in [0.15, 0.2) is 11.4 Å². The van der Waals surface area contributed by atoms with E-state index in [9.17, 15) is 4.39 Å². The largest absolute Gasteiger partial charge is 0.453 e. The van der Waals surface area contributed by atoms with E-state index >= 15 is 0 Å². The molecule has 2 aromatic carbocycles. The van der Waals surface area contributed by atoms with E-state index < -0.39 is 0 Å². The van der Waals surface area contributed by atoms with Crippen molar-refractivity contribution in [2.24, 2.45) is 0 Å². The molecule has 0 spiro atoms. The van der Waals surface area contributed by atoms with Crippen LogP contribution in [0.4, 0.5) is 4.39 Å². The fourth-order valence-corrected chi connectivity index (χ4v) is 2.52. The zero-order valence-corrected chi connectivity index (χ0v) is 12.4. The molecule has 3 rings (SSSR count). The van der Waals surface area contributed by atoms with Crippen molar-refractivity contribution in [3.05, 3.63) is 58.9 Å². The molecule has 0 atom stereocenters. The SMILES string of the molecule is CCNCc1ccc(-c2cc3cccc(F)c3o2)cc1Cl. The molecule has 0 fully saturated rings. The van der Waals surface area contributed by atoms with E-state index in [4.69, 9.17) is 16.0 Å². The third-order valence-corrected chi connectivity index (χ3v) is 3.75. The molecule has 21 heavy (non-hydrogen) atoms. The van der Waals surface area contributed by atoms with Crippen LogP contribution in [-0.4, -0.2) is 6.54 Å². The van der Waals surface area contributed by atoms with Crippen LogP contribution in [0.1, 0.15) is 12.5 Å². The van der Waals surface area contributed by atoms with Crippen LogP contribution in [0.25, 0.3) is 22.3 Å². The summed E-state index contributed by atoms with van der Waals surface area (Å²) in [6.07, 6.45) is 0. The minimum atomic E-state index is -0.353. The van der Waals surface area contributed by atoms with E-state index in [0.717, 1.165) is 29.6 Å². The zero-order chi connectivity index (χ0) is 14.8. The van der Waals surface area contributed by atoms with Crippen molar-refractivity contribution in [3.63, 3.8) is 0 Å². The summed E-state index contributed by atoms with van der Waals surface area (Å²) in [6.45, 7) is 3.66. The minimum absolute atomic E-state index is 0.278. The first-order valence-corrected chi connectivity index (χ1v) is 7.24. The molecule has 0 saturated carbocycles. The van der Waals surface area contributed by atoms with Crippen molar-refractivity contribution in [3.8, 4) is 11.3 Å². The van der Waals surface area contributed by atoms with E-state index in [1.165, 1.54) is 6.07 Å². The van der Waals surface area contributed by atoms with Gasteiger partial charge >= 0.3 is 0 Å². The lowest BCUT2D eigenvalue weighted by Gasteiger charge is -2.06. The van der Waals surface area contributed by atoms with Gasteiger partial charge in [0.05, 0.1) is 0 Å². The Morgan fingerprint density at radius 1 is 1.19 bits per heavy atom. The van der Waals surface area contributed by atoms with E-state index in [2.05, 4.69) is 5.32 Å². The van der Waals surface area contributed by atoms with E-state index in [-0.39, 0.29) is 11.4 Å². The Morgan fingerprint density at radius 2 is 2.05 bits per heavy atom. The van der Waals surface area contributed by atoms with Crippen LogP contribution >= 0.6 is 11.6 Å². The van der Waals surface area contributed by atoms with E-state index in [1.54, 1.807) is 6.07 Å². The number of fused-ring (bicyclic) bond motifs is 1. The fourth-order valence-electron chi connectivity index (χ4n) is 2.27. The van der Waals surface area contributed by atoms with Gasteiger partial charge in [0.2, 0.25) is 0 Å². The molecule has 1 aromatic heterocycles. The normalized spacial score (nSPS) is 11.2. The topological polar surface area (TPSA) is 25.2 Å². The van der Waals surface area contributed by atoms with Crippen molar-refractivity contribution >= 4 is 22.6 Å². The van der Waals surface area contributed by atoms with Gasteiger partial charge in [0, 0.05) is 22.5 Å². The molecule has 0 unspecified atom stereocenters. The van der Waals surface area contributed by atoms with Gasteiger partial charge in [-0.15, -0.1) is 0 Å². The summed E-state index contributed by atoms with van der Waals surface area (Å²) >= 11 is 6.29. The standard InChI is InChI=1S/C17H15ClFNO/c1-2-20-10-13-7-6-11(8-14(13)18)16-9-12-4-3-5-15(19)17(12)21-16/h3-9,20H,2,10H2,1H3. The number of hydrogen-bond donors (Lipinski definition) is 1. The first-order valence-electron chi connectivity index (χ1n) is 6.86. The Bertz CT molecular complexity index is 782. The molecule has 0 aliphatic rings. The van der Waals surface area contributed by atoms with Crippen LogP contribution in [0, 0.1) is 5.82 Å². The number of furan rings is 1. The monoisotopic (exact) mass is 303 g/mol. The maximum atomic E-state index is 13.7. The maximum absolute atomic E-state index is 13.7. The second kappa shape index (κ2) is 5.88. The Hall–Kier alpha value is -1.84. The molecule has 1 heterocycles. The van der Waals surface area contributed by atoms with Gasteiger partial charge in [-0.3, -0.25) is 0 Å². The van der Waals surface area contributed by atoms with Crippen LogP contribution in [0.15, 0.2) is 46.9 Å². The molecular formula is C17H15ClFNO. The van der Waals surface area contributed by atoms with Crippen LogP contribution in [-0.2, 0) is 6.54 Å². The summed E-state index contributed by atoms with van der Waals surface area (Å²) in [6, 6.07) is 12.5. The quantitative estimate of drug-likeness (QED) is 0.733. The van der Waals surface area contributed by atoms with Gasteiger partial charge in [0.1, 0.15) is 5.76 Å². The predicted octanol–water partition coefficient (Wildman–Crippen LogP) is 5.00. The van der Waals surface area contributed by atoms with Crippen LogP contribution < -0.4 is 5.32 Å². The highest BCUT2D eigenvalue weighted by atomic mass is 35.5. The van der Waals surface area contributed by atoms with Crippen molar-refractivity contribution in [2.75, 3.05) is 6.54 Å². The van der Waals surface area contributed by atoms with E-state index in [1.807, 2.05) is 37.3 Å². The zero-order valence-electron chi connectivity index (χ0n) is 11.6. The lowest BCUT2D eigenvalue weighted by Crippen LogP contribution is -2.11. The van der Waals surface area contributed by atoms with Gasteiger partial charge < -0.3 is 9.73 Å². The smallest absolute Gasteiger partial charge is 0.170 e. The number of para-hydroxylation sites is 1. The second-order valence-electron chi connectivity index (χ2n) is 4.86. The molecule has 0 aliphatic carbocycles. The van der Waals surface area contributed by atoms with E-state index in [0.29, 0.717) is 10.8 Å². The molecule has 0 amide bonds. The van der Waals surface area contributed by atoms with Gasteiger partial charge in [-0.25, -0.2) is 4.39 Å². The average molecular weight is 304 g/mol. The summed E-state index contributed by atoms with van der Waals surface area (Å²) in [5, 5.41) is 4.66. The van der Waals surface area contributed by atoms with Gasteiger partial charge in [0.25, 0.3) is 0 Å². The van der Waals surface area contributed by atoms with Crippen molar-refractivity contribution in [1.82, 2.24) is 5.32 Å². The maximum Gasteiger partial charge on any atom is 0.170 e. The molecule has 0 saturated heterocycles. The van der Waals surface area contributed by atoms with Gasteiger partial charge in [-0.05, 0) is 30.3 Å². The fraction of sp³-hybridized carbons (Fsp3) is 0.176. The summed E-state index contributed by atoms with van der Waals surface area (Å²) in [5.41, 5.74) is 2.15. The number of benzene rings is 2. The molecule has 3 aromatic rings. The summed E-state index contributed by atoms with van der Waals surface area (Å²) in [7, 11) is 0. The predicted molar refractivity (Wildman–Crippen MR) is 84.0 cm³/mol. The van der Waals surface area contributed by atoms with Crippen LogP contribution in [0.5, 0.6) is 0 Å². The second-order valence-corrected chi connectivity index (χ2v) is 5.26. The molecule has 4 heteroatoms. The van der Waals surface area contributed by atoms with Crippen molar-refractivity contribution in [1.29, 1.82) is 0 Å². The minimum Gasteiger partial charge on any atom is -0.453 e. The number of rotatable bonds is 4. The highest BCUT2D eigenvalue weighted by molar-refractivity contribution is 6.31. The van der Waals surface area contributed by atoms with Crippen LogP contribution in [0.3, 0.4) is 0 Å². The summed E-state index contributed by atoms with van der Waals surface area (Å²) < 4.78 is 19.3. The summed E-state index contributed by atoms with van der Waals surface area (Å²) in [4.78, 5) is 0. The highest BCUT2D eigenvalue weighted by Gasteiger charge is 2.11. The van der Waals surface area contributed by atoms with Gasteiger partial charge in [-0.2, -0.15) is 0 Å². The highest BCUT2D eigenvalue weighted by Crippen LogP contribution is 2.31. The number of halogens is 2. The molecule has 2 nitrogen and oxygen atoms in total. The third-order valence-electron chi connectivity index (χ3n) is 3.40. The number of hydrogen-bond acceptors (Lipinski definition) is 2. The van der Waals surface area contributed by atoms with Crippen molar-refractivity contribution < 1.29 is 8.81 Å². The lowest BCUT2D eigenvalue weighted by molar-refractivity contribution is 0.569. The van der Waals surface area contributed by atoms with Crippen LogP contribution in [0.2, 0.25) is 5.02 Å². The molecular weight excluding hydrogens is 289 g/mol. The Balaban J connectivity index is 1.98. The lowest BCUT2D eigenvalue weighted by atomic mass is 10.1. The molecule has 1 N–H and O–H groups in total. The molecule has 0 aliphatic heterocycles. The first-order chi connectivity index (χ1) is 10.2. The van der Waals surface area contributed by atoms with Gasteiger partial charge in [-0.1, -0.05) is 42.8 Å². The number of nitrogens with one attached hydrogen (secondary N) is 1.